The Labute approximate surface area is 109 Å². The van der Waals surface area contributed by atoms with E-state index in [0.29, 0.717) is 16.5 Å². The van der Waals surface area contributed by atoms with E-state index < -0.39 is 0 Å². The number of hydrogen-bond acceptors (Lipinski definition) is 4. The van der Waals surface area contributed by atoms with Gasteiger partial charge in [-0.3, -0.25) is 9.78 Å². The molecule has 1 saturated carbocycles. The predicted octanol–water partition coefficient (Wildman–Crippen LogP) is 2.41. The second kappa shape index (κ2) is 4.57. The summed E-state index contributed by atoms with van der Waals surface area (Å²) in [4.78, 5) is 16.7. The average Bonchev–Trinajstić information content (AvgIpc) is 2.65. The molecule has 3 rings (SSSR count). The molecule has 0 atom stereocenters. The van der Waals surface area contributed by atoms with Gasteiger partial charge in [0.2, 0.25) is 0 Å². The van der Waals surface area contributed by atoms with E-state index in [0.717, 1.165) is 16.6 Å². The lowest BCUT2D eigenvalue weighted by atomic mass is 9.85. The Morgan fingerprint density at radius 2 is 2.39 bits per heavy atom. The van der Waals surface area contributed by atoms with Gasteiger partial charge in [-0.1, -0.05) is 6.42 Å². The molecule has 0 spiro atoms. The van der Waals surface area contributed by atoms with E-state index in [4.69, 9.17) is 5.73 Å². The fourth-order valence-electron chi connectivity index (χ4n) is 2.15. The molecule has 0 saturated heterocycles. The van der Waals surface area contributed by atoms with Crippen molar-refractivity contribution in [3.05, 3.63) is 23.3 Å². The molecule has 1 aliphatic rings. The molecular weight excluding hydrogens is 246 g/mol. The van der Waals surface area contributed by atoms with Crippen LogP contribution in [0.5, 0.6) is 0 Å². The Hall–Kier alpha value is -1.62. The molecule has 4 nitrogen and oxygen atoms in total. The standard InChI is InChI=1S/C13H15N3OS/c14-11-9-4-5-15-7-10(9)18-12(11)13(17)16-6-8-2-1-3-8/h4-5,7-8H,1-3,6,14H2,(H,16,17). The summed E-state index contributed by atoms with van der Waals surface area (Å²) in [6.45, 7) is 0.769. The zero-order valence-electron chi connectivity index (χ0n) is 9.98. The minimum atomic E-state index is -0.0550. The number of nitrogens with zero attached hydrogens (tertiary/aromatic N) is 1. The van der Waals surface area contributed by atoms with Crippen molar-refractivity contribution in [3.8, 4) is 0 Å². The largest absolute Gasteiger partial charge is 0.397 e. The van der Waals surface area contributed by atoms with Gasteiger partial charge < -0.3 is 11.1 Å². The topological polar surface area (TPSA) is 68.0 Å². The quantitative estimate of drug-likeness (QED) is 0.891. The van der Waals surface area contributed by atoms with Gasteiger partial charge in [0.15, 0.2) is 0 Å². The molecule has 0 aliphatic heterocycles. The summed E-state index contributed by atoms with van der Waals surface area (Å²) in [5.74, 6) is 0.604. The van der Waals surface area contributed by atoms with Crippen LogP contribution < -0.4 is 11.1 Å². The predicted molar refractivity (Wildman–Crippen MR) is 73.7 cm³/mol. The minimum Gasteiger partial charge on any atom is -0.397 e. The van der Waals surface area contributed by atoms with Crippen molar-refractivity contribution in [1.82, 2.24) is 10.3 Å². The first kappa shape index (κ1) is 11.5. The lowest BCUT2D eigenvalue weighted by Crippen LogP contribution is -2.32. The molecule has 2 aromatic rings. The zero-order valence-corrected chi connectivity index (χ0v) is 10.8. The number of thiophene rings is 1. The fourth-order valence-corrected chi connectivity index (χ4v) is 3.16. The smallest absolute Gasteiger partial charge is 0.263 e. The highest BCUT2D eigenvalue weighted by Crippen LogP contribution is 2.33. The number of rotatable bonds is 3. The Bertz CT molecular complexity index is 589. The van der Waals surface area contributed by atoms with Gasteiger partial charge in [0, 0.05) is 24.3 Å². The lowest BCUT2D eigenvalue weighted by Gasteiger charge is -2.25. The molecule has 2 aromatic heterocycles. The van der Waals surface area contributed by atoms with E-state index in [1.165, 1.54) is 30.6 Å². The van der Waals surface area contributed by atoms with Crippen LogP contribution in [0.3, 0.4) is 0 Å². The molecule has 94 valence electrons. The number of amides is 1. The summed E-state index contributed by atoms with van der Waals surface area (Å²) < 4.78 is 0.962. The highest BCUT2D eigenvalue weighted by Gasteiger charge is 2.20. The van der Waals surface area contributed by atoms with Gasteiger partial charge in [-0.2, -0.15) is 0 Å². The number of carbonyl (C=O) groups excluding carboxylic acids is 1. The van der Waals surface area contributed by atoms with Gasteiger partial charge in [0.25, 0.3) is 5.91 Å². The van der Waals surface area contributed by atoms with Crippen LogP contribution in [0.15, 0.2) is 18.5 Å². The van der Waals surface area contributed by atoms with Crippen LogP contribution in [-0.2, 0) is 0 Å². The Kier molecular flexibility index (Phi) is 2.91. The van der Waals surface area contributed by atoms with Gasteiger partial charge in [0.1, 0.15) is 4.88 Å². The summed E-state index contributed by atoms with van der Waals surface area (Å²) in [5, 5.41) is 3.89. The monoisotopic (exact) mass is 261 g/mol. The van der Waals surface area contributed by atoms with Crippen molar-refractivity contribution < 1.29 is 4.79 Å². The number of carbonyl (C=O) groups is 1. The van der Waals surface area contributed by atoms with E-state index >= 15 is 0 Å². The fraction of sp³-hybridized carbons (Fsp3) is 0.385. The molecule has 5 heteroatoms. The van der Waals surface area contributed by atoms with Crippen molar-refractivity contribution >= 4 is 33.0 Å². The summed E-state index contributed by atoms with van der Waals surface area (Å²) in [5.41, 5.74) is 6.59. The van der Waals surface area contributed by atoms with E-state index in [9.17, 15) is 4.79 Å². The third kappa shape index (κ3) is 1.95. The van der Waals surface area contributed by atoms with Crippen molar-refractivity contribution in [2.24, 2.45) is 5.92 Å². The number of nitrogen functional groups attached to an aromatic ring is 1. The Morgan fingerprint density at radius 1 is 1.56 bits per heavy atom. The van der Waals surface area contributed by atoms with E-state index in [2.05, 4.69) is 10.3 Å². The second-order valence-corrected chi connectivity index (χ2v) is 5.78. The molecule has 0 radical (unpaired) electrons. The van der Waals surface area contributed by atoms with E-state index in [1.54, 1.807) is 12.4 Å². The maximum atomic E-state index is 12.1. The van der Waals surface area contributed by atoms with Crippen LogP contribution in [0.1, 0.15) is 28.9 Å². The first-order valence-electron chi connectivity index (χ1n) is 6.16. The molecule has 1 aliphatic carbocycles. The lowest BCUT2D eigenvalue weighted by molar-refractivity contribution is 0.0944. The molecule has 0 aromatic carbocycles. The van der Waals surface area contributed by atoms with Gasteiger partial charge in [-0.25, -0.2) is 0 Å². The van der Waals surface area contributed by atoms with Gasteiger partial charge in [-0.15, -0.1) is 11.3 Å². The molecular formula is C13H15N3OS. The Balaban J connectivity index is 1.80. The summed E-state index contributed by atoms with van der Waals surface area (Å²) in [6, 6.07) is 1.85. The SMILES string of the molecule is Nc1c(C(=O)NCC2CCC2)sc2cnccc12. The molecule has 2 heterocycles. The third-order valence-corrected chi connectivity index (χ3v) is 4.67. The summed E-state index contributed by atoms with van der Waals surface area (Å²) in [6.07, 6.45) is 7.19. The van der Waals surface area contributed by atoms with Crippen LogP contribution in [0, 0.1) is 5.92 Å². The zero-order chi connectivity index (χ0) is 12.5. The van der Waals surface area contributed by atoms with E-state index in [-0.39, 0.29) is 5.91 Å². The first-order valence-corrected chi connectivity index (χ1v) is 6.97. The van der Waals surface area contributed by atoms with Crippen LogP contribution in [0.4, 0.5) is 5.69 Å². The van der Waals surface area contributed by atoms with Crippen molar-refractivity contribution in [2.45, 2.75) is 19.3 Å². The van der Waals surface area contributed by atoms with Crippen LogP contribution in [-0.4, -0.2) is 17.4 Å². The third-order valence-electron chi connectivity index (χ3n) is 3.51. The average molecular weight is 261 g/mol. The van der Waals surface area contributed by atoms with Gasteiger partial charge in [0.05, 0.1) is 10.4 Å². The number of hydrogen-bond donors (Lipinski definition) is 2. The summed E-state index contributed by atoms with van der Waals surface area (Å²) in [7, 11) is 0. The van der Waals surface area contributed by atoms with Crippen LogP contribution in [0.25, 0.3) is 10.1 Å². The molecule has 18 heavy (non-hydrogen) atoms. The number of pyridine rings is 1. The van der Waals surface area contributed by atoms with Gasteiger partial charge >= 0.3 is 0 Å². The summed E-state index contributed by atoms with van der Waals surface area (Å²) >= 11 is 1.41. The van der Waals surface area contributed by atoms with Crippen molar-refractivity contribution in [2.75, 3.05) is 12.3 Å². The Morgan fingerprint density at radius 3 is 3.06 bits per heavy atom. The van der Waals surface area contributed by atoms with Gasteiger partial charge in [-0.05, 0) is 24.8 Å². The molecule has 0 bridgehead atoms. The molecule has 3 N–H and O–H groups in total. The maximum Gasteiger partial charge on any atom is 0.263 e. The number of nitrogens with two attached hydrogens (primary N) is 1. The highest BCUT2D eigenvalue weighted by atomic mass is 32.1. The van der Waals surface area contributed by atoms with Crippen LogP contribution >= 0.6 is 11.3 Å². The minimum absolute atomic E-state index is 0.0550. The number of anilines is 1. The van der Waals surface area contributed by atoms with E-state index in [1.807, 2.05) is 6.07 Å². The normalized spacial score (nSPS) is 15.6. The van der Waals surface area contributed by atoms with Crippen molar-refractivity contribution in [3.63, 3.8) is 0 Å². The maximum absolute atomic E-state index is 12.1. The molecule has 1 fully saturated rings. The second-order valence-electron chi connectivity index (χ2n) is 4.72. The van der Waals surface area contributed by atoms with Crippen LogP contribution in [0.2, 0.25) is 0 Å². The number of aromatic nitrogens is 1. The number of fused-ring (bicyclic) bond motifs is 1. The van der Waals surface area contributed by atoms with Crippen molar-refractivity contribution in [1.29, 1.82) is 0 Å². The molecule has 1 amide bonds. The first-order chi connectivity index (χ1) is 8.75. The highest BCUT2D eigenvalue weighted by molar-refractivity contribution is 7.21. The molecule has 0 unspecified atom stereocenters. The number of nitrogens with one attached hydrogen (secondary N) is 1.